The van der Waals surface area contributed by atoms with Crippen LogP contribution in [0.15, 0.2) is 140 Å². The molecule has 0 saturated heterocycles. The van der Waals surface area contributed by atoms with Crippen molar-refractivity contribution in [2.45, 2.75) is 0 Å². The molecule has 1 aliphatic rings. The minimum atomic E-state index is 0.696. The Balaban J connectivity index is 1.23. The zero-order valence-corrected chi connectivity index (χ0v) is 25.8. The molecule has 7 aromatic carbocycles. The van der Waals surface area contributed by atoms with Gasteiger partial charge < -0.3 is 9.30 Å². The molecule has 5 heteroatoms. The molecule has 0 unspecified atom stereocenters. The highest BCUT2D eigenvalue weighted by Crippen LogP contribution is 2.48. The Bertz CT molecular complexity index is 2950. The topological polar surface area (TPSA) is 39.9 Å². The van der Waals surface area contributed by atoms with Crippen molar-refractivity contribution in [2.24, 2.45) is 0 Å². The summed E-state index contributed by atoms with van der Waals surface area (Å²) in [4.78, 5) is 10.3. The molecular weight excluding hydrogens is 595 g/mol. The van der Waals surface area contributed by atoms with E-state index in [-0.39, 0.29) is 0 Å². The van der Waals surface area contributed by atoms with Crippen molar-refractivity contribution in [3.63, 3.8) is 0 Å². The average molecular weight is 618 g/mol. The summed E-state index contributed by atoms with van der Waals surface area (Å²) in [6.45, 7) is 0. The maximum absolute atomic E-state index is 6.25. The van der Waals surface area contributed by atoms with Crippen LogP contribution in [0.3, 0.4) is 0 Å². The highest BCUT2D eigenvalue weighted by molar-refractivity contribution is 7.27. The molecule has 218 valence electrons. The van der Waals surface area contributed by atoms with Crippen LogP contribution in [0.1, 0.15) is 0 Å². The highest BCUT2D eigenvalue weighted by atomic mass is 32.1. The first kappa shape index (κ1) is 25.2. The zero-order valence-electron chi connectivity index (χ0n) is 24.9. The number of benzene rings is 7. The fourth-order valence-corrected chi connectivity index (χ4v) is 8.87. The average Bonchev–Trinajstić information content (AvgIpc) is 3.69. The van der Waals surface area contributed by atoms with Crippen molar-refractivity contribution in [3.8, 4) is 39.8 Å². The molecule has 1 aliphatic heterocycles. The van der Waals surface area contributed by atoms with Crippen LogP contribution in [0.5, 0.6) is 11.5 Å². The van der Waals surface area contributed by atoms with Gasteiger partial charge in [-0.15, -0.1) is 11.3 Å². The number of rotatable bonds is 2. The molecule has 0 amide bonds. The maximum Gasteiger partial charge on any atom is 0.160 e. The summed E-state index contributed by atoms with van der Waals surface area (Å²) in [5, 5.41) is 8.69. The van der Waals surface area contributed by atoms with Crippen LogP contribution < -0.4 is 4.74 Å². The van der Waals surface area contributed by atoms with E-state index in [0.717, 1.165) is 44.9 Å². The Hall–Kier alpha value is -6.04. The second-order valence-corrected chi connectivity index (χ2v) is 13.2. The molecule has 11 rings (SSSR count). The Kier molecular flexibility index (Phi) is 4.96. The van der Waals surface area contributed by atoms with Crippen LogP contribution in [-0.4, -0.2) is 14.5 Å². The van der Waals surface area contributed by atoms with Gasteiger partial charge in [0.2, 0.25) is 0 Å². The maximum atomic E-state index is 6.25. The number of hydrogen-bond acceptors (Lipinski definition) is 4. The van der Waals surface area contributed by atoms with Gasteiger partial charge in [0.05, 0.1) is 32.3 Å². The van der Waals surface area contributed by atoms with E-state index in [9.17, 15) is 0 Å². The van der Waals surface area contributed by atoms with Crippen LogP contribution in [0.25, 0.3) is 92.0 Å². The monoisotopic (exact) mass is 617 g/mol. The van der Waals surface area contributed by atoms with E-state index in [2.05, 4.69) is 108 Å². The van der Waals surface area contributed by atoms with Crippen LogP contribution in [0.4, 0.5) is 0 Å². The van der Waals surface area contributed by atoms with Crippen molar-refractivity contribution in [1.82, 2.24) is 14.5 Å². The van der Waals surface area contributed by atoms with E-state index in [1.165, 1.54) is 52.8 Å². The van der Waals surface area contributed by atoms with E-state index in [4.69, 9.17) is 14.7 Å². The van der Waals surface area contributed by atoms with Gasteiger partial charge in [-0.1, -0.05) is 91.0 Å². The van der Waals surface area contributed by atoms with Gasteiger partial charge in [-0.3, -0.25) is 0 Å². The van der Waals surface area contributed by atoms with E-state index >= 15 is 0 Å². The first-order chi connectivity index (χ1) is 23.3. The van der Waals surface area contributed by atoms with E-state index in [0.29, 0.717) is 5.82 Å². The third kappa shape index (κ3) is 3.41. The summed E-state index contributed by atoms with van der Waals surface area (Å²) in [5.74, 6) is 2.30. The lowest BCUT2D eigenvalue weighted by atomic mass is 9.99. The van der Waals surface area contributed by atoms with Gasteiger partial charge in [-0.25, -0.2) is 9.97 Å². The largest absolute Gasteiger partial charge is 0.456 e. The fourth-order valence-electron chi connectivity index (χ4n) is 7.61. The Morgan fingerprint density at radius 3 is 2.19 bits per heavy atom. The van der Waals surface area contributed by atoms with Gasteiger partial charge in [0.1, 0.15) is 11.5 Å². The second kappa shape index (κ2) is 9.25. The van der Waals surface area contributed by atoms with Gasteiger partial charge >= 0.3 is 0 Å². The molecule has 0 saturated carbocycles. The van der Waals surface area contributed by atoms with Crippen molar-refractivity contribution in [2.75, 3.05) is 0 Å². The fraction of sp³-hybridized carbons (Fsp3) is 0. The van der Waals surface area contributed by atoms with E-state index < -0.39 is 0 Å². The third-order valence-electron chi connectivity index (χ3n) is 9.56. The number of para-hydroxylation sites is 2. The Morgan fingerprint density at radius 1 is 0.553 bits per heavy atom. The predicted molar refractivity (Wildman–Crippen MR) is 195 cm³/mol. The number of aromatic nitrogens is 3. The number of hydrogen-bond donors (Lipinski definition) is 0. The van der Waals surface area contributed by atoms with Crippen molar-refractivity contribution >= 4 is 75.0 Å². The first-order valence-corrected chi connectivity index (χ1v) is 16.6. The molecule has 0 aliphatic carbocycles. The molecule has 0 bridgehead atoms. The van der Waals surface area contributed by atoms with Crippen LogP contribution in [0, 0.1) is 0 Å². The standard InChI is InChI=1S/C42H23N3OS/c1-2-14-27-26(13-1)36-28-15-3-6-19-32(28)45(40(36)41-37(27)30-17-5-8-22-35(30)47-41)25-12-9-11-24(23-25)42-43-31-18-10-21-34-38(31)39(44-42)29-16-4-7-20-33(29)46-34/h1-23H. The molecule has 0 radical (unpaired) electrons. The number of ether oxygens (including phenoxy) is 1. The number of nitrogens with zero attached hydrogens (tertiary/aromatic N) is 3. The quantitative estimate of drug-likeness (QED) is 0.194. The SMILES string of the molecule is c1cc(-c2nc3c4c(cccc4n2)Oc2ccccc2-3)cc(-n2c3ccccc3c3c4ccccc4c4c5ccccc5sc4c32)c1. The lowest BCUT2D eigenvalue weighted by molar-refractivity contribution is 0.486. The Labute approximate surface area is 272 Å². The third-order valence-corrected chi connectivity index (χ3v) is 10.7. The van der Waals surface area contributed by atoms with Crippen molar-refractivity contribution < 1.29 is 4.74 Å². The highest BCUT2D eigenvalue weighted by Gasteiger charge is 2.24. The first-order valence-electron chi connectivity index (χ1n) is 15.8. The molecule has 3 aromatic heterocycles. The zero-order chi connectivity index (χ0) is 30.6. The summed E-state index contributed by atoms with van der Waals surface area (Å²) < 4.78 is 11.3. The molecule has 0 fully saturated rings. The molecule has 0 spiro atoms. The van der Waals surface area contributed by atoms with Gasteiger partial charge in [0.15, 0.2) is 5.82 Å². The number of thiophene rings is 1. The predicted octanol–water partition coefficient (Wildman–Crippen LogP) is 11.7. The Morgan fingerprint density at radius 2 is 1.28 bits per heavy atom. The summed E-state index contributed by atoms with van der Waals surface area (Å²) in [6.07, 6.45) is 0. The normalized spacial score (nSPS) is 12.4. The summed E-state index contributed by atoms with van der Waals surface area (Å²) in [5.41, 5.74) is 7.23. The van der Waals surface area contributed by atoms with E-state index in [1.807, 2.05) is 47.7 Å². The molecule has 47 heavy (non-hydrogen) atoms. The van der Waals surface area contributed by atoms with Gasteiger partial charge in [-0.2, -0.15) is 0 Å². The van der Waals surface area contributed by atoms with Gasteiger partial charge in [-0.05, 0) is 59.3 Å². The van der Waals surface area contributed by atoms with E-state index in [1.54, 1.807) is 0 Å². The molecule has 4 heterocycles. The minimum absolute atomic E-state index is 0.696. The number of fused-ring (bicyclic) bond motifs is 12. The second-order valence-electron chi connectivity index (χ2n) is 12.1. The minimum Gasteiger partial charge on any atom is -0.456 e. The smallest absolute Gasteiger partial charge is 0.160 e. The summed E-state index contributed by atoms with van der Waals surface area (Å²) >= 11 is 1.88. The van der Waals surface area contributed by atoms with Crippen LogP contribution in [0.2, 0.25) is 0 Å². The van der Waals surface area contributed by atoms with Crippen molar-refractivity contribution in [1.29, 1.82) is 0 Å². The molecule has 0 atom stereocenters. The molecule has 10 aromatic rings. The van der Waals surface area contributed by atoms with Gasteiger partial charge in [0, 0.05) is 43.1 Å². The summed E-state index contributed by atoms with van der Waals surface area (Å²) in [6, 6.07) is 49.3. The summed E-state index contributed by atoms with van der Waals surface area (Å²) in [7, 11) is 0. The van der Waals surface area contributed by atoms with Gasteiger partial charge in [0.25, 0.3) is 0 Å². The molecule has 0 N–H and O–H groups in total. The molecular formula is C42H23N3OS. The lowest BCUT2D eigenvalue weighted by Gasteiger charge is -2.20. The van der Waals surface area contributed by atoms with Crippen molar-refractivity contribution in [3.05, 3.63) is 140 Å². The van der Waals surface area contributed by atoms with Crippen LogP contribution >= 0.6 is 11.3 Å². The molecule has 4 nitrogen and oxygen atoms in total. The lowest BCUT2D eigenvalue weighted by Crippen LogP contribution is -2.02. The van der Waals surface area contributed by atoms with Crippen LogP contribution in [-0.2, 0) is 0 Å².